The van der Waals surface area contributed by atoms with Crippen LogP contribution in [0.3, 0.4) is 0 Å². The van der Waals surface area contributed by atoms with Crippen LogP contribution in [0.1, 0.15) is 18.9 Å². The Bertz CT molecular complexity index is 508. The predicted octanol–water partition coefficient (Wildman–Crippen LogP) is 2.09. The third-order valence-corrected chi connectivity index (χ3v) is 3.02. The lowest BCUT2D eigenvalue weighted by atomic mass is 10.0. The molecule has 0 radical (unpaired) electrons. The molecular formula is C15H17NO3. The third-order valence-electron chi connectivity index (χ3n) is 3.02. The molecule has 0 N–H and O–H groups in total. The van der Waals surface area contributed by atoms with E-state index in [1.54, 1.807) is 17.9 Å². The van der Waals surface area contributed by atoms with Crippen molar-refractivity contribution in [1.82, 2.24) is 0 Å². The summed E-state index contributed by atoms with van der Waals surface area (Å²) in [6, 6.07) is 7.86. The molecule has 1 heterocycles. The van der Waals surface area contributed by atoms with E-state index >= 15 is 0 Å². The van der Waals surface area contributed by atoms with Gasteiger partial charge in [0.1, 0.15) is 0 Å². The molecule has 19 heavy (non-hydrogen) atoms. The number of amides is 1. The highest BCUT2D eigenvalue weighted by Gasteiger charge is 2.22. The van der Waals surface area contributed by atoms with E-state index in [0.29, 0.717) is 19.6 Å². The first-order valence-corrected chi connectivity index (χ1v) is 6.44. The summed E-state index contributed by atoms with van der Waals surface area (Å²) in [5, 5.41) is 0. The van der Waals surface area contributed by atoms with Gasteiger partial charge in [-0.05, 0) is 25.0 Å². The smallest absolute Gasteiger partial charge is 0.330 e. The number of hydrogen-bond acceptors (Lipinski definition) is 3. The monoisotopic (exact) mass is 259 g/mol. The van der Waals surface area contributed by atoms with Gasteiger partial charge in [0.2, 0.25) is 5.91 Å². The number of hydrogen-bond donors (Lipinski definition) is 0. The van der Waals surface area contributed by atoms with Gasteiger partial charge < -0.3 is 9.64 Å². The maximum absolute atomic E-state index is 11.9. The van der Waals surface area contributed by atoms with Crippen LogP contribution in [0.25, 0.3) is 0 Å². The van der Waals surface area contributed by atoms with Crippen LogP contribution in [0.2, 0.25) is 0 Å². The summed E-state index contributed by atoms with van der Waals surface area (Å²) >= 11 is 0. The first-order valence-electron chi connectivity index (χ1n) is 6.44. The van der Waals surface area contributed by atoms with Gasteiger partial charge in [-0.2, -0.15) is 0 Å². The van der Waals surface area contributed by atoms with Gasteiger partial charge in [0.15, 0.2) is 0 Å². The van der Waals surface area contributed by atoms with Crippen molar-refractivity contribution < 1.29 is 14.3 Å². The van der Waals surface area contributed by atoms with Crippen molar-refractivity contribution in [1.29, 1.82) is 0 Å². The summed E-state index contributed by atoms with van der Waals surface area (Å²) < 4.78 is 4.80. The molecule has 1 aromatic carbocycles. The van der Waals surface area contributed by atoms with Crippen molar-refractivity contribution in [2.24, 2.45) is 0 Å². The van der Waals surface area contributed by atoms with Gasteiger partial charge in [-0.15, -0.1) is 0 Å². The summed E-state index contributed by atoms with van der Waals surface area (Å²) in [5.74, 6) is -0.285. The lowest BCUT2D eigenvalue weighted by molar-refractivity contribution is -0.137. The Morgan fingerprint density at radius 1 is 1.37 bits per heavy atom. The minimum atomic E-state index is -0.375. The Morgan fingerprint density at radius 3 is 2.95 bits per heavy atom. The molecule has 0 aliphatic carbocycles. The molecule has 1 aliphatic rings. The molecule has 0 bridgehead atoms. The largest absolute Gasteiger partial charge is 0.463 e. The number of nitrogens with zero attached hydrogens (tertiary/aromatic N) is 1. The van der Waals surface area contributed by atoms with E-state index in [0.717, 1.165) is 12.1 Å². The zero-order valence-electron chi connectivity index (χ0n) is 11.0. The van der Waals surface area contributed by atoms with Crippen molar-refractivity contribution in [3.05, 3.63) is 42.0 Å². The van der Waals surface area contributed by atoms with E-state index in [4.69, 9.17) is 4.74 Å². The van der Waals surface area contributed by atoms with Crippen LogP contribution in [0.4, 0.5) is 5.69 Å². The van der Waals surface area contributed by atoms with E-state index in [1.807, 2.05) is 24.3 Å². The second-order valence-electron chi connectivity index (χ2n) is 4.29. The SMILES string of the molecule is CCOC(=O)/C=C/CN1C(=O)CCc2ccccc21. The van der Waals surface area contributed by atoms with Gasteiger partial charge in [-0.25, -0.2) is 4.79 Å². The highest BCUT2D eigenvalue weighted by molar-refractivity contribution is 5.96. The fourth-order valence-electron chi connectivity index (χ4n) is 2.14. The van der Waals surface area contributed by atoms with Crippen LogP contribution in [0.15, 0.2) is 36.4 Å². The highest BCUT2D eigenvalue weighted by atomic mass is 16.5. The van der Waals surface area contributed by atoms with Crippen LogP contribution >= 0.6 is 0 Å². The number of rotatable bonds is 4. The van der Waals surface area contributed by atoms with E-state index in [2.05, 4.69) is 0 Å². The normalized spacial score (nSPS) is 14.6. The number of anilines is 1. The van der Waals surface area contributed by atoms with Crippen LogP contribution < -0.4 is 4.90 Å². The van der Waals surface area contributed by atoms with E-state index in [9.17, 15) is 9.59 Å². The number of carbonyl (C=O) groups is 2. The molecule has 0 atom stereocenters. The minimum absolute atomic E-state index is 0.0900. The van der Waals surface area contributed by atoms with E-state index in [1.165, 1.54) is 11.6 Å². The zero-order valence-corrected chi connectivity index (χ0v) is 11.0. The molecule has 0 saturated carbocycles. The number of para-hydroxylation sites is 1. The van der Waals surface area contributed by atoms with Crippen LogP contribution in [-0.2, 0) is 20.7 Å². The fraction of sp³-hybridized carbons (Fsp3) is 0.333. The molecule has 4 nitrogen and oxygen atoms in total. The summed E-state index contributed by atoms with van der Waals surface area (Å²) in [5.41, 5.74) is 2.11. The van der Waals surface area contributed by atoms with Gasteiger partial charge in [0, 0.05) is 24.7 Å². The zero-order chi connectivity index (χ0) is 13.7. The highest BCUT2D eigenvalue weighted by Crippen LogP contribution is 2.27. The average Bonchev–Trinajstić information content (AvgIpc) is 2.41. The fourth-order valence-corrected chi connectivity index (χ4v) is 2.14. The second kappa shape index (κ2) is 6.18. The second-order valence-corrected chi connectivity index (χ2v) is 4.29. The molecule has 2 rings (SSSR count). The molecule has 4 heteroatoms. The lowest BCUT2D eigenvalue weighted by Crippen LogP contribution is -2.35. The topological polar surface area (TPSA) is 46.6 Å². The molecule has 1 amide bonds. The summed E-state index contributed by atoms with van der Waals surface area (Å²) in [4.78, 5) is 24.8. The van der Waals surface area contributed by atoms with Gasteiger partial charge in [-0.3, -0.25) is 4.79 Å². The van der Waals surface area contributed by atoms with Crippen molar-refractivity contribution >= 4 is 17.6 Å². The molecule has 0 spiro atoms. The molecule has 1 aromatic rings. The number of ether oxygens (including phenoxy) is 1. The standard InChI is InChI=1S/C15H17NO3/c1-2-19-15(18)8-5-11-16-13-7-4-3-6-12(13)9-10-14(16)17/h3-8H,2,9-11H2,1H3/b8-5+. The van der Waals surface area contributed by atoms with Crippen LogP contribution in [-0.4, -0.2) is 25.0 Å². The number of fused-ring (bicyclic) bond motifs is 1. The third kappa shape index (κ3) is 3.22. The van der Waals surface area contributed by atoms with Crippen LogP contribution in [0, 0.1) is 0 Å². The van der Waals surface area contributed by atoms with E-state index in [-0.39, 0.29) is 11.9 Å². The summed E-state index contributed by atoms with van der Waals surface area (Å²) in [6.45, 7) is 2.51. The Morgan fingerprint density at radius 2 is 2.16 bits per heavy atom. The quantitative estimate of drug-likeness (QED) is 0.614. The van der Waals surface area contributed by atoms with Gasteiger partial charge in [0.25, 0.3) is 0 Å². The maximum Gasteiger partial charge on any atom is 0.330 e. The lowest BCUT2D eigenvalue weighted by Gasteiger charge is -2.28. The molecule has 1 aliphatic heterocycles. The van der Waals surface area contributed by atoms with Gasteiger partial charge in [0.05, 0.1) is 6.61 Å². The molecule has 0 fully saturated rings. The van der Waals surface area contributed by atoms with Gasteiger partial charge in [-0.1, -0.05) is 24.3 Å². The van der Waals surface area contributed by atoms with Crippen molar-refractivity contribution in [2.75, 3.05) is 18.1 Å². The number of carbonyl (C=O) groups excluding carboxylic acids is 2. The maximum atomic E-state index is 11.9. The number of aryl methyl sites for hydroxylation is 1. The molecular weight excluding hydrogens is 242 g/mol. The van der Waals surface area contributed by atoms with Gasteiger partial charge >= 0.3 is 5.97 Å². The molecule has 100 valence electrons. The van der Waals surface area contributed by atoms with Crippen molar-refractivity contribution in [3.8, 4) is 0 Å². The molecule has 0 saturated heterocycles. The number of esters is 1. The molecule has 0 unspecified atom stereocenters. The Labute approximate surface area is 112 Å². The Balaban J connectivity index is 2.07. The Hall–Kier alpha value is -2.10. The predicted molar refractivity (Wildman–Crippen MR) is 72.9 cm³/mol. The minimum Gasteiger partial charge on any atom is -0.463 e. The first kappa shape index (κ1) is 13.3. The number of benzene rings is 1. The summed E-state index contributed by atoms with van der Waals surface area (Å²) in [6.07, 6.45) is 4.34. The van der Waals surface area contributed by atoms with Crippen LogP contribution in [0.5, 0.6) is 0 Å². The van der Waals surface area contributed by atoms with Crippen molar-refractivity contribution in [2.45, 2.75) is 19.8 Å². The average molecular weight is 259 g/mol. The molecule has 0 aromatic heterocycles. The summed E-state index contributed by atoms with van der Waals surface area (Å²) in [7, 11) is 0. The Kier molecular flexibility index (Phi) is 4.34. The first-order chi connectivity index (χ1) is 9.22. The van der Waals surface area contributed by atoms with E-state index < -0.39 is 0 Å². The van der Waals surface area contributed by atoms with Crippen molar-refractivity contribution in [3.63, 3.8) is 0 Å².